The second-order valence-electron chi connectivity index (χ2n) is 3.55. The Morgan fingerprint density at radius 3 is 2.83 bits per heavy atom. The summed E-state index contributed by atoms with van der Waals surface area (Å²) in [6, 6.07) is 4.39. The Balaban J connectivity index is 2.37. The summed E-state index contributed by atoms with van der Waals surface area (Å²) in [6.07, 6.45) is 3.98. The average molecular weight is 263 g/mol. The normalized spacial score (nSPS) is 10.3. The summed E-state index contributed by atoms with van der Waals surface area (Å²) in [4.78, 5) is 22.3. The number of nitro benzene ring substituents is 1. The van der Waals surface area contributed by atoms with Crippen molar-refractivity contribution in [1.29, 1.82) is 0 Å². The van der Waals surface area contributed by atoms with Gasteiger partial charge >= 0.3 is 0 Å². The first-order valence-corrected chi connectivity index (χ1v) is 5.82. The highest BCUT2D eigenvalue weighted by molar-refractivity contribution is 7.99. The van der Waals surface area contributed by atoms with E-state index in [0.29, 0.717) is 11.2 Å². The first kappa shape index (κ1) is 12.3. The highest BCUT2D eigenvalue weighted by atomic mass is 32.2. The van der Waals surface area contributed by atoms with Crippen LogP contribution in [0, 0.1) is 10.1 Å². The minimum Gasteiger partial charge on any atom is -0.298 e. The Bertz CT molecular complexity index is 609. The van der Waals surface area contributed by atoms with E-state index in [0.717, 1.165) is 4.90 Å². The molecule has 2 rings (SSSR count). The molecule has 6 nitrogen and oxygen atoms in total. The van der Waals surface area contributed by atoms with Gasteiger partial charge in [0.1, 0.15) is 6.29 Å². The lowest BCUT2D eigenvalue weighted by molar-refractivity contribution is -0.387. The number of benzene rings is 1. The number of hydrogen-bond acceptors (Lipinski definition) is 5. The fraction of sp³-hybridized carbons (Fsp3) is 0.0909. The standard InChI is InChI=1S/C11H9N3O3S/c1-13-6-9(5-12-13)18-11-3-2-8(7-15)4-10(11)14(16)17/h2-7H,1H3. The zero-order valence-electron chi connectivity index (χ0n) is 9.44. The van der Waals surface area contributed by atoms with Crippen LogP contribution < -0.4 is 0 Å². The molecule has 1 aromatic carbocycles. The fourth-order valence-corrected chi connectivity index (χ4v) is 2.35. The molecule has 0 saturated heterocycles. The maximum atomic E-state index is 10.9. The Hall–Kier alpha value is -2.15. The fourth-order valence-electron chi connectivity index (χ4n) is 1.42. The quantitative estimate of drug-likeness (QED) is 0.480. The SMILES string of the molecule is Cn1cc(Sc2ccc(C=O)cc2[N+](=O)[O-])cn1. The second-order valence-corrected chi connectivity index (χ2v) is 4.67. The van der Waals surface area contributed by atoms with Gasteiger partial charge in [-0.3, -0.25) is 19.6 Å². The van der Waals surface area contributed by atoms with Crippen molar-refractivity contribution >= 4 is 23.7 Å². The van der Waals surface area contributed by atoms with Gasteiger partial charge < -0.3 is 0 Å². The second kappa shape index (κ2) is 5.01. The van der Waals surface area contributed by atoms with E-state index < -0.39 is 4.92 Å². The number of carbonyl (C=O) groups excluding carboxylic acids is 1. The highest BCUT2D eigenvalue weighted by Crippen LogP contribution is 2.34. The number of nitro groups is 1. The van der Waals surface area contributed by atoms with Gasteiger partial charge in [-0.2, -0.15) is 5.10 Å². The Morgan fingerprint density at radius 1 is 1.50 bits per heavy atom. The van der Waals surface area contributed by atoms with Gasteiger partial charge in [0.25, 0.3) is 5.69 Å². The Morgan fingerprint density at radius 2 is 2.28 bits per heavy atom. The highest BCUT2D eigenvalue weighted by Gasteiger charge is 2.16. The van der Waals surface area contributed by atoms with Crippen molar-refractivity contribution in [2.24, 2.45) is 7.05 Å². The van der Waals surface area contributed by atoms with Gasteiger partial charge in [-0.1, -0.05) is 17.8 Å². The predicted octanol–water partition coefficient (Wildman–Crippen LogP) is 2.29. The number of aldehydes is 1. The van der Waals surface area contributed by atoms with Crippen LogP contribution in [0.5, 0.6) is 0 Å². The molecule has 0 aliphatic heterocycles. The molecule has 2 aromatic rings. The summed E-state index contributed by atoms with van der Waals surface area (Å²) in [5.41, 5.74) is 0.214. The average Bonchev–Trinajstić information content (AvgIpc) is 2.75. The molecule has 92 valence electrons. The van der Waals surface area contributed by atoms with Crippen LogP contribution in [0.1, 0.15) is 10.4 Å². The van der Waals surface area contributed by atoms with Crippen LogP contribution in [0.2, 0.25) is 0 Å². The molecule has 0 radical (unpaired) electrons. The number of aromatic nitrogens is 2. The number of aryl methyl sites for hydroxylation is 1. The first-order valence-electron chi connectivity index (χ1n) is 5.00. The van der Waals surface area contributed by atoms with Crippen molar-refractivity contribution in [2.75, 3.05) is 0 Å². The minimum absolute atomic E-state index is 0.0755. The van der Waals surface area contributed by atoms with E-state index in [4.69, 9.17) is 0 Å². The molecule has 0 saturated carbocycles. The molecule has 18 heavy (non-hydrogen) atoms. The predicted molar refractivity (Wildman–Crippen MR) is 65.8 cm³/mol. The van der Waals surface area contributed by atoms with Gasteiger partial charge in [0.2, 0.25) is 0 Å². The molecule has 0 bridgehead atoms. The van der Waals surface area contributed by atoms with E-state index in [1.807, 2.05) is 0 Å². The van der Waals surface area contributed by atoms with Gasteiger partial charge in [-0.05, 0) is 6.07 Å². The maximum Gasteiger partial charge on any atom is 0.283 e. The van der Waals surface area contributed by atoms with Crippen molar-refractivity contribution in [3.05, 3.63) is 46.3 Å². The Kier molecular flexibility index (Phi) is 3.42. The van der Waals surface area contributed by atoms with Gasteiger partial charge in [0.15, 0.2) is 0 Å². The number of nitrogens with zero attached hydrogens (tertiary/aromatic N) is 3. The molecule has 1 aromatic heterocycles. The van der Waals surface area contributed by atoms with E-state index in [9.17, 15) is 14.9 Å². The monoisotopic (exact) mass is 263 g/mol. The van der Waals surface area contributed by atoms with E-state index in [1.165, 1.54) is 17.8 Å². The van der Waals surface area contributed by atoms with Crippen LogP contribution in [0.4, 0.5) is 5.69 Å². The van der Waals surface area contributed by atoms with E-state index in [-0.39, 0.29) is 11.3 Å². The molecule has 0 aliphatic carbocycles. The van der Waals surface area contributed by atoms with Crippen molar-refractivity contribution in [3.8, 4) is 0 Å². The van der Waals surface area contributed by atoms with Gasteiger partial charge in [-0.15, -0.1) is 0 Å². The molecule has 0 aliphatic rings. The lowest BCUT2D eigenvalue weighted by Crippen LogP contribution is -1.92. The molecular formula is C11H9N3O3S. The summed E-state index contributed by atoms with van der Waals surface area (Å²) in [7, 11) is 1.77. The van der Waals surface area contributed by atoms with Crippen LogP contribution in [0.3, 0.4) is 0 Å². The first-order chi connectivity index (χ1) is 8.60. The van der Waals surface area contributed by atoms with Crippen LogP contribution in [-0.4, -0.2) is 21.0 Å². The molecular weight excluding hydrogens is 254 g/mol. The maximum absolute atomic E-state index is 10.9. The zero-order valence-corrected chi connectivity index (χ0v) is 10.3. The summed E-state index contributed by atoms with van der Waals surface area (Å²) in [5.74, 6) is 0. The number of rotatable bonds is 4. The Labute approximate surface area is 107 Å². The molecule has 0 N–H and O–H groups in total. The van der Waals surface area contributed by atoms with Crippen molar-refractivity contribution < 1.29 is 9.72 Å². The van der Waals surface area contributed by atoms with Crippen molar-refractivity contribution in [1.82, 2.24) is 9.78 Å². The summed E-state index contributed by atoms with van der Waals surface area (Å²) in [5, 5.41) is 14.9. The summed E-state index contributed by atoms with van der Waals surface area (Å²) < 4.78 is 1.62. The van der Waals surface area contributed by atoms with E-state index in [2.05, 4.69) is 5.10 Å². The third-order valence-corrected chi connectivity index (χ3v) is 3.24. The number of hydrogen-bond donors (Lipinski definition) is 0. The minimum atomic E-state index is -0.494. The molecule has 0 unspecified atom stereocenters. The summed E-state index contributed by atoms with van der Waals surface area (Å²) in [6.45, 7) is 0. The van der Waals surface area contributed by atoms with Gasteiger partial charge in [0, 0.05) is 24.9 Å². The van der Waals surface area contributed by atoms with E-state index in [1.54, 1.807) is 36.3 Å². The van der Waals surface area contributed by atoms with Crippen LogP contribution in [-0.2, 0) is 7.05 Å². The molecule has 0 atom stereocenters. The molecule has 0 amide bonds. The lowest BCUT2D eigenvalue weighted by atomic mass is 10.2. The van der Waals surface area contributed by atoms with Crippen molar-refractivity contribution in [2.45, 2.75) is 9.79 Å². The van der Waals surface area contributed by atoms with Gasteiger partial charge in [0.05, 0.1) is 20.9 Å². The molecule has 0 fully saturated rings. The molecule has 1 heterocycles. The third kappa shape index (κ3) is 2.57. The van der Waals surface area contributed by atoms with E-state index >= 15 is 0 Å². The van der Waals surface area contributed by atoms with Crippen LogP contribution in [0.25, 0.3) is 0 Å². The number of carbonyl (C=O) groups is 1. The summed E-state index contributed by atoms with van der Waals surface area (Å²) >= 11 is 1.24. The molecule has 0 spiro atoms. The molecule has 7 heteroatoms. The van der Waals surface area contributed by atoms with Gasteiger partial charge in [-0.25, -0.2) is 0 Å². The lowest BCUT2D eigenvalue weighted by Gasteiger charge is -2.01. The van der Waals surface area contributed by atoms with Crippen LogP contribution >= 0.6 is 11.8 Å². The van der Waals surface area contributed by atoms with Crippen molar-refractivity contribution in [3.63, 3.8) is 0 Å². The smallest absolute Gasteiger partial charge is 0.283 e. The third-order valence-electron chi connectivity index (χ3n) is 2.22. The topological polar surface area (TPSA) is 78.0 Å². The zero-order chi connectivity index (χ0) is 13.1. The largest absolute Gasteiger partial charge is 0.298 e. The van der Waals surface area contributed by atoms with Crippen LogP contribution in [0.15, 0.2) is 40.4 Å².